The van der Waals surface area contributed by atoms with Crippen LogP contribution in [-0.2, 0) is 29.1 Å². The Hall–Kier alpha value is -4.42. The Morgan fingerprint density at radius 2 is 1.82 bits per heavy atom. The molecular weight excluding hydrogens is 626 g/mol. The normalized spacial score (nSPS) is 21.1. The second-order valence-electron chi connectivity index (χ2n) is 14.1. The fourth-order valence-electron chi connectivity index (χ4n) is 7.64. The van der Waals surface area contributed by atoms with E-state index in [2.05, 4.69) is 25.8 Å². The van der Waals surface area contributed by atoms with Crippen molar-refractivity contribution in [3.63, 3.8) is 0 Å². The number of amides is 2. The highest BCUT2D eigenvalue weighted by molar-refractivity contribution is 5.95. The Kier molecular flexibility index (Phi) is 10.3. The van der Waals surface area contributed by atoms with Gasteiger partial charge in [0.25, 0.3) is 0 Å². The van der Waals surface area contributed by atoms with Crippen LogP contribution in [0.5, 0.6) is 17.4 Å². The molecule has 0 aliphatic carbocycles. The van der Waals surface area contributed by atoms with Crippen LogP contribution in [0.4, 0.5) is 10.6 Å². The molecule has 0 radical (unpaired) electrons. The van der Waals surface area contributed by atoms with Gasteiger partial charge < -0.3 is 38.2 Å². The number of carbonyl (C=O) groups is 2. The molecule has 6 rings (SSSR count). The average Bonchev–Trinajstić information content (AvgIpc) is 3.10. The second-order valence-corrected chi connectivity index (χ2v) is 14.1. The molecule has 3 aromatic rings. The number of fused-ring (bicyclic) bond motifs is 2. The van der Waals surface area contributed by atoms with Crippen molar-refractivity contribution in [2.45, 2.75) is 77.2 Å². The fourth-order valence-corrected chi connectivity index (χ4v) is 7.64. The Morgan fingerprint density at radius 1 is 1.08 bits per heavy atom. The summed E-state index contributed by atoms with van der Waals surface area (Å²) in [5.74, 6) is 2.26. The van der Waals surface area contributed by atoms with Gasteiger partial charge in [0.05, 0.1) is 57.3 Å². The van der Waals surface area contributed by atoms with Gasteiger partial charge in [-0.05, 0) is 44.4 Å². The van der Waals surface area contributed by atoms with E-state index in [1.807, 2.05) is 47.4 Å². The quantitative estimate of drug-likeness (QED) is 0.280. The number of piperidine rings is 1. The number of methoxy groups -OCH3 is 1. The van der Waals surface area contributed by atoms with Gasteiger partial charge in [0, 0.05) is 37.4 Å². The zero-order valence-electron chi connectivity index (χ0n) is 28.9. The van der Waals surface area contributed by atoms with Crippen molar-refractivity contribution in [2.24, 2.45) is 0 Å². The number of aryl methyl sites for hydroxylation is 1. The molecule has 0 N–H and O–H groups in total. The van der Waals surface area contributed by atoms with Crippen molar-refractivity contribution in [3.05, 3.63) is 71.5 Å². The number of ether oxygens (including phenoxy) is 4. The highest BCUT2D eigenvalue weighted by Crippen LogP contribution is 2.38. The van der Waals surface area contributed by atoms with Crippen LogP contribution in [0.3, 0.4) is 0 Å². The molecule has 12 heteroatoms. The lowest BCUT2D eigenvalue weighted by atomic mass is 9.88. The number of quaternary nitrogens is 1. The molecule has 0 saturated carbocycles. The summed E-state index contributed by atoms with van der Waals surface area (Å²) >= 11 is 0. The minimum absolute atomic E-state index is 0.0262. The zero-order chi connectivity index (χ0) is 34.6. The topological polar surface area (TPSA) is 126 Å². The van der Waals surface area contributed by atoms with E-state index < -0.39 is 6.09 Å². The number of anilines is 1. The summed E-state index contributed by atoms with van der Waals surface area (Å²) in [4.78, 5) is 38.6. The number of nitrogens with zero attached hydrogens (tertiary/aromatic N) is 5. The highest BCUT2D eigenvalue weighted by Gasteiger charge is 2.51. The summed E-state index contributed by atoms with van der Waals surface area (Å²) in [6, 6.07) is 15.3. The van der Waals surface area contributed by atoms with E-state index in [4.69, 9.17) is 23.9 Å². The van der Waals surface area contributed by atoms with Crippen LogP contribution < -0.4 is 24.2 Å². The van der Waals surface area contributed by atoms with E-state index in [-0.39, 0.29) is 30.1 Å². The van der Waals surface area contributed by atoms with Gasteiger partial charge in [0.15, 0.2) is 11.5 Å². The van der Waals surface area contributed by atoms with Gasteiger partial charge in [-0.25, -0.2) is 0 Å². The Labute approximate surface area is 288 Å². The first-order valence-electron chi connectivity index (χ1n) is 17.1. The molecule has 0 bridgehead atoms. The van der Waals surface area contributed by atoms with Gasteiger partial charge >= 0.3 is 0 Å². The number of hydrogen-bond donors (Lipinski definition) is 0. The monoisotopic (exact) mass is 673 g/mol. The van der Waals surface area contributed by atoms with Gasteiger partial charge in [-0.2, -0.15) is 4.98 Å². The summed E-state index contributed by atoms with van der Waals surface area (Å²) in [5.41, 5.74) is 2.42. The number of pyridine rings is 2. The van der Waals surface area contributed by atoms with Crippen molar-refractivity contribution in [2.75, 3.05) is 51.5 Å². The van der Waals surface area contributed by atoms with Crippen LogP contribution in [-0.4, -0.2) is 95.5 Å². The first kappa shape index (κ1) is 34.4. The summed E-state index contributed by atoms with van der Waals surface area (Å²) in [5, 5.41) is 12.6. The third-order valence-electron chi connectivity index (χ3n) is 10.4. The molecule has 2 aromatic heterocycles. The van der Waals surface area contributed by atoms with Crippen LogP contribution in [0.25, 0.3) is 0 Å². The van der Waals surface area contributed by atoms with E-state index in [0.717, 1.165) is 11.1 Å². The maximum atomic E-state index is 13.6. The summed E-state index contributed by atoms with van der Waals surface area (Å²) in [7, 11) is 1.58. The van der Waals surface area contributed by atoms with Crippen molar-refractivity contribution < 1.29 is 38.1 Å². The Bertz CT molecular complexity index is 1620. The van der Waals surface area contributed by atoms with Gasteiger partial charge in [0.1, 0.15) is 37.8 Å². The van der Waals surface area contributed by atoms with Crippen LogP contribution >= 0.6 is 0 Å². The minimum Gasteiger partial charge on any atom is -0.530 e. The third kappa shape index (κ3) is 7.45. The van der Waals surface area contributed by atoms with E-state index in [0.29, 0.717) is 105 Å². The highest BCUT2D eigenvalue weighted by atomic mass is 16.6. The van der Waals surface area contributed by atoms with Crippen LogP contribution in [0, 0.1) is 0 Å². The van der Waals surface area contributed by atoms with E-state index in [1.165, 1.54) is 4.90 Å². The number of carbonyl (C=O) groups excluding carboxylic acids is 2. The Morgan fingerprint density at radius 3 is 2.51 bits per heavy atom. The fraction of sp³-hybridized carbons (Fsp3) is 0.514. The molecule has 5 heterocycles. The average molecular weight is 674 g/mol. The van der Waals surface area contributed by atoms with Gasteiger partial charge in [0.2, 0.25) is 11.8 Å². The van der Waals surface area contributed by atoms with Gasteiger partial charge in [-0.3, -0.25) is 14.7 Å². The molecule has 1 atom stereocenters. The van der Waals surface area contributed by atoms with Crippen molar-refractivity contribution in [3.8, 4) is 17.4 Å². The largest absolute Gasteiger partial charge is 0.530 e. The summed E-state index contributed by atoms with van der Waals surface area (Å²) < 4.78 is 23.8. The predicted octanol–water partition coefficient (Wildman–Crippen LogP) is 3.74. The smallest absolute Gasteiger partial charge is 0.228 e. The van der Waals surface area contributed by atoms with Gasteiger partial charge in [-0.15, -0.1) is 0 Å². The SMILES string of the molecule is COc1ccc2c(n1)N(CC(COCc1ccccc1)[N+]1(C(C)(C)C)CCC(N(Cc3cc4c(cn3)OCCO4)C(=O)[O-])CC1)C(=O)CC2. The van der Waals surface area contributed by atoms with Crippen molar-refractivity contribution >= 4 is 17.8 Å². The lowest BCUT2D eigenvalue weighted by Crippen LogP contribution is -2.72. The lowest BCUT2D eigenvalue weighted by Gasteiger charge is -2.57. The Balaban J connectivity index is 1.26. The second kappa shape index (κ2) is 14.6. The number of hydrogen-bond acceptors (Lipinski definition) is 9. The summed E-state index contributed by atoms with van der Waals surface area (Å²) in [6.45, 7) is 10.3. The molecule has 0 spiro atoms. The molecule has 3 aliphatic rings. The standard InChI is InChI=1S/C37H47N5O7/c1-37(2,3)42(16-14-29(15-17-42)40(36(44)45)22-28-20-31-32(21-38-28)49-19-18-48-31)30(25-47-24-26-8-6-5-7-9-26)23-41-34(43)13-11-27-10-12-33(46-4)39-35(27)41/h5-10,12,20-21,29-30H,11,13-19,22-25H2,1-4H3. The molecule has 1 fully saturated rings. The number of likely N-dealkylation sites (tertiary alicyclic amines) is 1. The maximum Gasteiger partial charge on any atom is 0.228 e. The molecule has 2 amide bonds. The van der Waals surface area contributed by atoms with Gasteiger partial charge in [-0.1, -0.05) is 30.3 Å². The number of rotatable bonds is 11. The van der Waals surface area contributed by atoms with Crippen LogP contribution in [0.1, 0.15) is 56.9 Å². The molecule has 262 valence electrons. The molecule has 12 nitrogen and oxygen atoms in total. The van der Waals surface area contributed by atoms with E-state index in [9.17, 15) is 14.7 Å². The molecule has 3 aliphatic heterocycles. The molecule has 1 saturated heterocycles. The lowest BCUT2D eigenvalue weighted by molar-refractivity contribution is -0.995. The predicted molar refractivity (Wildman–Crippen MR) is 180 cm³/mol. The first-order chi connectivity index (χ1) is 23.6. The van der Waals surface area contributed by atoms with E-state index in [1.54, 1.807) is 19.4 Å². The molecule has 49 heavy (non-hydrogen) atoms. The molecular formula is C37H47N5O7. The van der Waals surface area contributed by atoms with Crippen LogP contribution in [0.15, 0.2) is 54.7 Å². The van der Waals surface area contributed by atoms with E-state index >= 15 is 0 Å². The zero-order valence-corrected chi connectivity index (χ0v) is 28.9. The van der Waals surface area contributed by atoms with Crippen LogP contribution in [0.2, 0.25) is 0 Å². The van der Waals surface area contributed by atoms with Crippen molar-refractivity contribution in [1.82, 2.24) is 14.9 Å². The molecule has 1 unspecified atom stereocenters. The number of carboxylic acid groups (broad SMARTS) is 1. The minimum atomic E-state index is -1.23. The number of benzene rings is 1. The maximum absolute atomic E-state index is 13.6. The summed E-state index contributed by atoms with van der Waals surface area (Å²) in [6.07, 6.45) is 2.63. The third-order valence-corrected chi connectivity index (χ3v) is 10.4. The first-order valence-corrected chi connectivity index (χ1v) is 17.1. The van der Waals surface area contributed by atoms with Crippen molar-refractivity contribution in [1.29, 1.82) is 0 Å². The number of aromatic nitrogens is 2. The molecule has 1 aromatic carbocycles.